The van der Waals surface area contributed by atoms with Crippen molar-refractivity contribution in [3.63, 3.8) is 0 Å². The number of hydrogen-bond donors (Lipinski definition) is 1. The highest BCUT2D eigenvalue weighted by molar-refractivity contribution is 5.77. The number of hydrogen-bond acceptors (Lipinski definition) is 3. The van der Waals surface area contributed by atoms with Crippen molar-refractivity contribution in [3.8, 4) is 5.75 Å². The smallest absolute Gasteiger partial charge is 0.258 e. The molecule has 0 saturated heterocycles. The average molecular weight is 344 g/mol. The first-order valence-corrected chi connectivity index (χ1v) is 8.25. The molecule has 0 heterocycles. The highest BCUT2D eigenvalue weighted by Crippen LogP contribution is 2.18. The van der Waals surface area contributed by atoms with Crippen LogP contribution in [0.4, 0.5) is 4.39 Å². The third-order valence-corrected chi connectivity index (χ3v) is 4.20. The fourth-order valence-electron chi connectivity index (χ4n) is 2.53. The molecule has 5 heteroatoms. The topological polar surface area (TPSA) is 41.6 Å². The van der Waals surface area contributed by atoms with E-state index in [1.807, 2.05) is 57.1 Å². The second-order valence-corrected chi connectivity index (χ2v) is 6.37. The molecule has 0 saturated carbocycles. The van der Waals surface area contributed by atoms with Gasteiger partial charge in [-0.3, -0.25) is 4.79 Å². The zero-order valence-corrected chi connectivity index (χ0v) is 15.2. The van der Waals surface area contributed by atoms with Gasteiger partial charge in [0.1, 0.15) is 11.6 Å². The molecule has 2 aromatic carbocycles. The van der Waals surface area contributed by atoms with Crippen molar-refractivity contribution in [2.75, 3.05) is 27.2 Å². The van der Waals surface area contributed by atoms with Gasteiger partial charge in [0, 0.05) is 6.54 Å². The summed E-state index contributed by atoms with van der Waals surface area (Å²) in [4.78, 5) is 14.0. The van der Waals surface area contributed by atoms with Gasteiger partial charge in [-0.2, -0.15) is 0 Å². The molecular formula is C20H25FN2O2. The van der Waals surface area contributed by atoms with Crippen molar-refractivity contribution in [3.05, 3.63) is 65.0 Å². The molecule has 2 rings (SSSR count). The van der Waals surface area contributed by atoms with Crippen LogP contribution in [0.25, 0.3) is 0 Å². The van der Waals surface area contributed by atoms with E-state index in [0.29, 0.717) is 12.3 Å². The van der Waals surface area contributed by atoms with Crippen LogP contribution in [0.2, 0.25) is 0 Å². The van der Waals surface area contributed by atoms with E-state index in [-0.39, 0.29) is 24.4 Å². The van der Waals surface area contributed by atoms with Gasteiger partial charge in [-0.05, 0) is 68.9 Å². The molecule has 0 aliphatic heterocycles. The van der Waals surface area contributed by atoms with Gasteiger partial charge in [0.2, 0.25) is 0 Å². The number of carbonyl (C=O) groups is 1. The van der Waals surface area contributed by atoms with Crippen LogP contribution in [0.1, 0.15) is 22.7 Å². The van der Waals surface area contributed by atoms with Crippen LogP contribution in [0.3, 0.4) is 0 Å². The fraction of sp³-hybridized carbons (Fsp3) is 0.350. The van der Waals surface area contributed by atoms with Crippen LogP contribution < -0.4 is 10.1 Å². The number of halogens is 1. The van der Waals surface area contributed by atoms with Gasteiger partial charge in [-0.1, -0.05) is 18.2 Å². The van der Waals surface area contributed by atoms with Gasteiger partial charge < -0.3 is 15.0 Å². The first-order chi connectivity index (χ1) is 11.9. The van der Waals surface area contributed by atoms with Crippen LogP contribution in [0, 0.1) is 19.7 Å². The first kappa shape index (κ1) is 18.9. The SMILES string of the molecule is Cc1ccc(OCC(=O)NCC(c2cccc(F)c2)N(C)C)cc1C. The molecule has 0 bridgehead atoms. The Kier molecular flexibility index (Phi) is 6.53. The van der Waals surface area contributed by atoms with Gasteiger partial charge in [0.25, 0.3) is 5.91 Å². The quantitative estimate of drug-likeness (QED) is 0.838. The second-order valence-electron chi connectivity index (χ2n) is 6.37. The maximum atomic E-state index is 13.4. The predicted octanol–water partition coefficient (Wildman–Crippen LogP) is 3.24. The Labute approximate surface area is 148 Å². The van der Waals surface area contributed by atoms with Crippen LogP contribution in [0.5, 0.6) is 5.75 Å². The Balaban J connectivity index is 1.89. The molecule has 0 aromatic heterocycles. The average Bonchev–Trinajstić information content (AvgIpc) is 2.56. The zero-order valence-electron chi connectivity index (χ0n) is 15.2. The Morgan fingerprint density at radius 3 is 2.56 bits per heavy atom. The Hall–Kier alpha value is -2.40. The Bertz CT molecular complexity index is 731. The molecule has 1 N–H and O–H groups in total. The molecule has 0 aliphatic carbocycles. The number of benzene rings is 2. The highest BCUT2D eigenvalue weighted by Gasteiger charge is 2.16. The van der Waals surface area contributed by atoms with E-state index < -0.39 is 0 Å². The third-order valence-electron chi connectivity index (χ3n) is 4.20. The molecule has 0 fully saturated rings. The van der Waals surface area contributed by atoms with E-state index in [9.17, 15) is 9.18 Å². The summed E-state index contributed by atoms with van der Waals surface area (Å²) in [5, 5.41) is 2.85. The third kappa shape index (κ3) is 5.57. The summed E-state index contributed by atoms with van der Waals surface area (Å²) in [6, 6.07) is 12.0. The number of likely N-dealkylation sites (N-methyl/N-ethyl adjacent to an activating group) is 1. The molecule has 4 nitrogen and oxygen atoms in total. The summed E-state index contributed by atoms with van der Waals surface area (Å²) in [5.74, 6) is 0.183. The van der Waals surface area contributed by atoms with Gasteiger partial charge in [-0.25, -0.2) is 4.39 Å². The van der Waals surface area contributed by atoms with Crippen molar-refractivity contribution in [2.24, 2.45) is 0 Å². The summed E-state index contributed by atoms with van der Waals surface area (Å²) in [6.07, 6.45) is 0. The number of carbonyl (C=O) groups excluding carboxylic acids is 1. The van der Waals surface area contributed by atoms with Gasteiger partial charge in [0.15, 0.2) is 6.61 Å². The molecule has 1 atom stereocenters. The van der Waals surface area contributed by atoms with Crippen LogP contribution in [0.15, 0.2) is 42.5 Å². The van der Waals surface area contributed by atoms with E-state index in [2.05, 4.69) is 5.32 Å². The van der Waals surface area contributed by atoms with Gasteiger partial charge in [0.05, 0.1) is 6.04 Å². The lowest BCUT2D eigenvalue weighted by Gasteiger charge is -2.25. The van der Waals surface area contributed by atoms with E-state index >= 15 is 0 Å². The summed E-state index contributed by atoms with van der Waals surface area (Å²) in [6.45, 7) is 4.36. The normalized spacial score (nSPS) is 12.1. The molecule has 1 amide bonds. The van der Waals surface area contributed by atoms with Gasteiger partial charge >= 0.3 is 0 Å². The number of nitrogens with one attached hydrogen (secondary N) is 1. The van der Waals surface area contributed by atoms with Crippen LogP contribution in [-0.4, -0.2) is 38.1 Å². The molecule has 1 unspecified atom stereocenters. The summed E-state index contributed by atoms with van der Waals surface area (Å²) in [5.41, 5.74) is 3.12. The maximum Gasteiger partial charge on any atom is 0.258 e. The maximum absolute atomic E-state index is 13.4. The number of amides is 1. The minimum absolute atomic E-state index is 0.0498. The first-order valence-electron chi connectivity index (χ1n) is 8.25. The van der Waals surface area contributed by atoms with Crippen molar-refractivity contribution in [2.45, 2.75) is 19.9 Å². The van der Waals surface area contributed by atoms with E-state index in [4.69, 9.17) is 4.74 Å². The summed E-state index contributed by atoms with van der Waals surface area (Å²) >= 11 is 0. The number of nitrogens with zero attached hydrogens (tertiary/aromatic N) is 1. The predicted molar refractivity (Wildman–Crippen MR) is 97.2 cm³/mol. The number of ether oxygens (including phenoxy) is 1. The molecule has 25 heavy (non-hydrogen) atoms. The van der Waals surface area contributed by atoms with Crippen molar-refractivity contribution >= 4 is 5.91 Å². The monoisotopic (exact) mass is 344 g/mol. The van der Waals surface area contributed by atoms with Crippen molar-refractivity contribution in [1.29, 1.82) is 0 Å². The molecule has 134 valence electrons. The largest absolute Gasteiger partial charge is 0.484 e. The van der Waals surface area contributed by atoms with E-state index in [1.165, 1.54) is 17.7 Å². The lowest BCUT2D eigenvalue weighted by molar-refractivity contribution is -0.123. The Morgan fingerprint density at radius 2 is 1.92 bits per heavy atom. The van der Waals surface area contributed by atoms with Crippen LogP contribution in [-0.2, 0) is 4.79 Å². The molecule has 0 aliphatic rings. The van der Waals surface area contributed by atoms with Gasteiger partial charge in [-0.15, -0.1) is 0 Å². The minimum atomic E-state index is -0.284. The van der Waals surface area contributed by atoms with Crippen LogP contribution >= 0.6 is 0 Å². The van der Waals surface area contributed by atoms with E-state index in [0.717, 1.165) is 11.1 Å². The standard InChI is InChI=1S/C20H25FN2O2/c1-14-8-9-18(10-15(14)2)25-13-20(24)22-12-19(23(3)4)16-6-5-7-17(21)11-16/h5-11,19H,12-13H2,1-4H3,(H,22,24). The molecule has 0 spiro atoms. The Morgan fingerprint density at radius 1 is 1.16 bits per heavy atom. The van der Waals surface area contributed by atoms with E-state index in [1.54, 1.807) is 6.07 Å². The lowest BCUT2D eigenvalue weighted by Crippen LogP contribution is -2.36. The van der Waals surface area contributed by atoms with Crippen molar-refractivity contribution < 1.29 is 13.9 Å². The lowest BCUT2D eigenvalue weighted by atomic mass is 10.1. The fourth-order valence-corrected chi connectivity index (χ4v) is 2.53. The summed E-state index contributed by atoms with van der Waals surface area (Å²) < 4.78 is 19.0. The molecule has 0 radical (unpaired) electrons. The molecule has 2 aromatic rings. The minimum Gasteiger partial charge on any atom is -0.484 e. The molecular weight excluding hydrogens is 319 g/mol. The highest BCUT2D eigenvalue weighted by atomic mass is 19.1. The summed E-state index contributed by atoms with van der Waals surface area (Å²) in [7, 11) is 3.79. The number of rotatable bonds is 7. The van der Waals surface area contributed by atoms with Crippen molar-refractivity contribution in [1.82, 2.24) is 10.2 Å². The second kappa shape index (κ2) is 8.62. The zero-order chi connectivity index (χ0) is 18.4. The number of aryl methyl sites for hydroxylation is 2.